The van der Waals surface area contributed by atoms with Gasteiger partial charge in [-0.2, -0.15) is 0 Å². The van der Waals surface area contributed by atoms with Crippen LogP contribution >= 0.6 is 11.6 Å². The Morgan fingerprint density at radius 3 is 2.53 bits per heavy atom. The van der Waals surface area contributed by atoms with Crippen molar-refractivity contribution in [2.75, 3.05) is 18.4 Å². The lowest BCUT2D eigenvalue weighted by atomic mass is 9.82. The summed E-state index contributed by atoms with van der Waals surface area (Å²) in [5.41, 5.74) is 3.60. The first-order valence-electron chi connectivity index (χ1n) is 10.8. The number of anilines is 1. The Bertz CT molecular complexity index is 1310. The molecule has 0 fully saturated rings. The number of amides is 1. The first-order valence-corrected chi connectivity index (χ1v) is 12.7. The molecule has 9 heteroatoms. The van der Waals surface area contributed by atoms with Crippen molar-refractivity contribution < 1.29 is 23.1 Å². The van der Waals surface area contributed by atoms with Crippen LogP contribution in [-0.2, 0) is 22.9 Å². The molecule has 3 N–H and O–H groups in total. The molecule has 0 spiro atoms. The van der Waals surface area contributed by atoms with E-state index in [-0.39, 0.29) is 10.8 Å². The highest BCUT2D eigenvalue weighted by molar-refractivity contribution is 7.92. The topological polar surface area (TPSA) is 105 Å². The van der Waals surface area contributed by atoms with E-state index < -0.39 is 16.1 Å². The second kappa shape index (κ2) is 9.95. The summed E-state index contributed by atoms with van der Waals surface area (Å²) in [6.45, 7) is 0.336. The molecular formula is C25H25ClN2O5S. The molecule has 178 valence electrons. The van der Waals surface area contributed by atoms with Gasteiger partial charge in [0.2, 0.25) is 0 Å². The maximum absolute atomic E-state index is 13.5. The van der Waals surface area contributed by atoms with Gasteiger partial charge < -0.3 is 15.2 Å². The van der Waals surface area contributed by atoms with Crippen LogP contribution in [0.1, 0.15) is 17.5 Å². The summed E-state index contributed by atoms with van der Waals surface area (Å²) in [5.74, 6) is 0.773. The predicted molar refractivity (Wildman–Crippen MR) is 132 cm³/mol. The molecule has 0 unspecified atom stereocenters. The highest BCUT2D eigenvalue weighted by Gasteiger charge is 2.27. The third-order valence-electron chi connectivity index (χ3n) is 6.02. The van der Waals surface area contributed by atoms with Gasteiger partial charge in [-0.05, 0) is 72.2 Å². The van der Waals surface area contributed by atoms with Crippen molar-refractivity contribution in [2.24, 2.45) is 5.92 Å². The lowest BCUT2D eigenvalue weighted by Crippen LogP contribution is -2.31. The van der Waals surface area contributed by atoms with Gasteiger partial charge >= 0.3 is 6.09 Å². The van der Waals surface area contributed by atoms with Crippen LogP contribution in [0.2, 0.25) is 5.02 Å². The van der Waals surface area contributed by atoms with Gasteiger partial charge in [0.15, 0.2) is 0 Å². The van der Waals surface area contributed by atoms with Crippen molar-refractivity contribution >= 4 is 33.4 Å². The van der Waals surface area contributed by atoms with E-state index in [0.717, 1.165) is 23.1 Å². The van der Waals surface area contributed by atoms with Crippen molar-refractivity contribution in [3.63, 3.8) is 0 Å². The predicted octanol–water partition coefficient (Wildman–Crippen LogP) is 5.19. The number of ether oxygens (including phenoxy) is 1. The zero-order valence-electron chi connectivity index (χ0n) is 18.5. The molecule has 7 nitrogen and oxygen atoms in total. The normalized spacial score (nSPS) is 15.3. The molecule has 3 aromatic carbocycles. The van der Waals surface area contributed by atoms with E-state index in [4.69, 9.17) is 21.4 Å². The molecule has 0 aliphatic heterocycles. The molecule has 1 amide bonds. The summed E-state index contributed by atoms with van der Waals surface area (Å²) < 4.78 is 35.3. The second-order valence-corrected chi connectivity index (χ2v) is 10.3. The fourth-order valence-corrected chi connectivity index (χ4v) is 5.83. The first kappa shape index (κ1) is 23.9. The molecule has 0 radical (unpaired) electrons. The molecule has 4 rings (SSSR count). The number of carboxylic acid groups (broad SMARTS) is 1. The van der Waals surface area contributed by atoms with Gasteiger partial charge in [0.1, 0.15) is 5.75 Å². The van der Waals surface area contributed by atoms with Gasteiger partial charge in [-0.1, -0.05) is 41.9 Å². The van der Waals surface area contributed by atoms with Crippen LogP contribution in [-0.4, -0.2) is 33.3 Å². The zero-order valence-corrected chi connectivity index (χ0v) is 20.1. The molecule has 1 aliphatic carbocycles. The molecule has 34 heavy (non-hydrogen) atoms. The van der Waals surface area contributed by atoms with Crippen molar-refractivity contribution in [3.8, 4) is 16.9 Å². The summed E-state index contributed by atoms with van der Waals surface area (Å²) in [6.07, 6.45) is 0.875. The van der Waals surface area contributed by atoms with Gasteiger partial charge in [-0.15, -0.1) is 0 Å². The van der Waals surface area contributed by atoms with Gasteiger partial charge in [-0.3, -0.25) is 4.72 Å². The number of hydrogen-bond acceptors (Lipinski definition) is 4. The number of fused-ring (bicyclic) bond motifs is 1. The van der Waals surface area contributed by atoms with E-state index in [2.05, 4.69) is 10.0 Å². The van der Waals surface area contributed by atoms with E-state index >= 15 is 0 Å². The highest BCUT2D eigenvalue weighted by atomic mass is 35.5. The lowest BCUT2D eigenvalue weighted by Gasteiger charge is -2.28. The Balaban J connectivity index is 1.67. The van der Waals surface area contributed by atoms with Crippen molar-refractivity contribution in [3.05, 3.63) is 76.8 Å². The first-order chi connectivity index (χ1) is 16.3. The number of nitrogens with one attached hydrogen (secondary N) is 2. The van der Waals surface area contributed by atoms with Crippen LogP contribution in [0.15, 0.2) is 65.6 Å². The summed E-state index contributed by atoms with van der Waals surface area (Å²) >= 11 is 6.00. The maximum Gasteiger partial charge on any atom is 0.404 e. The SMILES string of the molecule is COc1ccc(NS(=O)(=O)c2ccccc2-c2ccc(Cl)cc2)c2c1C[C@@H](CNC(=O)O)CC2. The molecular weight excluding hydrogens is 476 g/mol. The third kappa shape index (κ3) is 5.13. The summed E-state index contributed by atoms with van der Waals surface area (Å²) in [4.78, 5) is 11.1. The zero-order chi connectivity index (χ0) is 24.3. The monoisotopic (exact) mass is 500 g/mol. The van der Waals surface area contributed by atoms with Gasteiger partial charge in [0, 0.05) is 17.1 Å². The second-order valence-electron chi connectivity index (χ2n) is 8.18. The Hall–Kier alpha value is -3.23. The number of benzene rings is 3. The minimum atomic E-state index is -3.90. The molecule has 3 aromatic rings. The van der Waals surface area contributed by atoms with Crippen LogP contribution in [0, 0.1) is 5.92 Å². The van der Waals surface area contributed by atoms with E-state index in [9.17, 15) is 13.2 Å². The number of carbonyl (C=O) groups is 1. The smallest absolute Gasteiger partial charge is 0.404 e. The lowest BCUT2D eigenvalue weighted by molar-refractivity contribution is 0.191. The van der Waals surface area contributed by atoms with Crippen LogP contribution in [0.4, 0.5) is 10.5 Å². The van der Waals surface area contributed by atoms with Crippen molar-refractivity contribution in [1.82, 2.24) is 5.32 Å². The average molecular weight is 501 g/mol. The van der Waals surface area contributed by atoms with Gasteiger partial charge in [0.25, 0.3) is 10.0 Å². The average Bonchev–Trinajstić information content (AvgIpc) is 2.83. The molecule has 0 bridgehead atoms. The Morgan fingerprint density at radius 1 is 1.09 bits per heavy atom. The van der Waals surface area contributed by atoms with Gasteiger partial charge in [0.05, 0.1) is 17.7 Å². The molecule has 0 saturated heterocycles. The fourth-order valence-electron chi connectivity index (χ4n) is 4.38. The van der Waals surface area contributed by atoms with Gasteiger partial charge in [-0.25, -0.2) is 13.2 Å². The van der Waals surface area contributed by atoms with Crippen molar-refractivity contribution in [2.45, 2.75) is 24.2 Å². The molecule has 1 atom stereocenters. The maximum atomic E-state index is 13.5. The molecule has 0 aromatic heterocycles. The number of hydrogen-bond donors (Lipinski definition) is 3. The minimum absolute atomic E-state index is 0.106. The minimum Gasteiger partial charge on any atom is -0.496 e. The number of rotatable bonds is 7. The number of sulfonamides is 1. The third-order valence-corrected chi connectivity index (χ3v) is 7.70. The van der Waals surface area contributed by atoms with Crippen LogP contribution in [0.3, 0.4) is 0 Å². The Morgan fingerprint density at radius 2 is 1.82 bits per heavy atom. The standard InChI is InChI=1S/C25H25ClN2O5S/c1-33-23-13-12-22(20-11-6-16(14-21(20)23)15-27-25(29)30)28-34(31,32)24-5-3-2-4-19(24)17-7-9-18(26)10-8-17/h2-5,7-10,12-13,16,27-28H,6,11,14-15H2,1H3,(H,29,30)/t16-/m0/s1. The molecule has 0 heterocycles. The quantitative estimate of drug-likeness (QED) is 0.414. The summed E-state index contributed by atoms with van der Waals surface area (Å²) in [7, 11) is -2.33. The van der Waals surface area contributed by atoms with Crippen LogP contribution < -0.4 is 14.8 Å². The van der Waals surface area contributed by atoms with Crippen LogP contribution in [0.5, 0.6) is 5.75 Å². The van der Waals surface area contributed by atoms with E-state index in [1.807, 2.05) is 0 Å². The molecule has 0 saturated carbocycles. The van der Waals surface area contributed by atoms with Crippen molar-refractivity contribution in [1.29, 1.82) is 0 Å². The molecule has 1 aliphatic rings. The van der Waals surface area contributed by atoms with E-state index in [1.54, 1.807) is 67.8 Å². The fraction of sp³-hybridized carbons (Fsp3) is 0.240. The number of halogens is 1. The Labute approximate surface area is 203 Å². The van der Waals surface area contributed by atoms with Crippen LogP contribution in [0.25, 0.3) is 11.1 Å². The summed E-state index contributed by atoms with van der Waals surface area (Å²) in [5, 5.41) is 11.9. The largest absolute Gasteiger partial charge is 0.496 e. The number of methoxy groups -OCH3 is 1. The highest BCUT2D eigenvalue weighted by Crippen LogP contribution is 2.38. The summed E-state index contributed by atoms with van der Waals surface area (Å²) in [6, 6.07) is 17.3. The Kier molecular flexibility index (Phi) is 7.00. The van der Waals surface area contributed by atoms with E-state index in [0.29, 0.717) is 41.4 Å². The van der Waals surface area contributed by atoms with E-state index in [1.165, 1.54) is 0 Å².